The van der Waals surface area contributed by atoms with Crippen molar-refractivity contribution in [3.63, 3.8) is 0 Å². The predicted molar refractivity (Wildman–Crippen MR) is 571 cm³/mol. The topological polar surface area (TPSA) is 282 Å². The lowest BCUT2D eigenvalue weighted by molar-refractivity contribution is 0.482. The first-order valence-electron chi connectivity index (χ1n) is 47.2. The van der Waals surface area contributed by atoms with E-state index in [9.17, 15) is 8.78 Å². The van der Waals surface area contributed by atoms with E-state index in [1.54, 1.807) is 79.9 Å². The van der Waals surface area contributed by atoms with Crippen molar-refractivity contribution in [1.82, 2.24) is 59.1 Å². The van der Waals surface area contributed by atoms with Gasteiger partial charge in [-0.2, -0.15) is 26.3 Å². The van der Waals surface area contributed by atoms with Crippen LogP contribution >= 0.6 is 46.4 Å². The number of halogens is 6. The summed E-state index contributed by atoms with van der Waals surface area (Å²) in [6, 6.07) is 126. The minimum atomic E-state index is -0.240. The smallest absolute Gasteiger partial charge is 0.152 e. The van der Waals surface area contributed by atoms with E-state index < -0.39 is 0 Å². The number of nitriles is 5. The summed E-state index contributed by atoms with van der Waals surface area (Å²) in [5.41, 5.74) is 15.0. The lowest BCUT2D eigenvalue weighted by atomic mass is 10.1. The Morgan fingerprint density at radius 1 is 0.264 bits per heavy atom. The Labute approximate surface area is 876 Å². The lowest BCUT2D eigenvalue weighted by Crippen LogP contribution is -2.27. The molecule has 732 valence electrons. The largest absolute Gasteiger partial charge is 0.457 e. The Morgan fingerprint density at radius 2 is 0.541 bits per heavy atom. The Balaban J connectivity index is 0.000000141. The molecule has 148 heavy (non-hydrogen) atoms. The Kier molecular flexibility index (Phi) is 36.3. The minimum absolute atomic E-state index is 0.206. The summed E-state index contributed by atoms with van der Waals surface area (Å²) in [5.74, 6) is 7.36. The van der Waals surface area contributed by atoms with Crippen molar-refractivity contribution in [2.24, 2.45) is 0 Å². The Bertz CT molecular complexity index is 7490. The third-order valence-electron chi connectivity index (χ3n) is 24.0. The molecule has 0 unspecified atom stereocenters. The Hall–Kier alpha value is -18.1. The second kappa shape index (κ2) is 52.3. The third kappa shape index (κ3) is 30.0. The van der Waals surface area contributed by atoms with Gasteiger partial charge in [0.15, 0.2) is 23.3 Å². The second-order valence-corrected chi connectivity index (χ2v) is 35.9. The molecule has 4 heterocycles. The molecule has 0 aliphatic heterocycles. The molecule has 24 nitrogen and oxygen atoms in total. The van der Waals surface area contributed by atoms with Crippen molar-refractivity contribution >= 4 is 69.2 Å². The number of benzene rings is 15. The first-order chi connectivity index (χ1) is 72.4. The zero-order valence-electron chi connectivity index (χ0n) is 80.0. The molecule has 0 bridgehead atoms. The van der Waals surface area contributed by atoms with E-state index in [0.717, 1.165) is 133 Å². The summed E-state index contributed by atoms with van der Waals surface area (Å²) in [6.45, 7) is 6.94. The molecule has 19 aromatic rings. The molecule has 0 N–H and O–H groups in total. The van der Waals surface area contributed by atoms with Crippen molar-refractivity contribution in [2.75, 3.05) is 39.2 Å². The van der Waals surface area contributed by atoms with E-state index in [-0.39, 0.29) is 11.6 Å². The Morgan fingerprint density at radius 3 is 0.865 bits per heavy atom. The van der Waals surface area contributed by atoms with Crippen molar-refractivity contribution < 1.29 is 23.0 Å². The molecule has 30 heteroatoms. The van der Waals surface area contributed by atoms with Gasteiger partial charge in [0.2, 0.25) is 0 Å². The van der Waals surface area contributed by atoms with E-state index in [0.29, 0.717) is 133 Å². The van der Waals surface area contributed by atoms with E-state index in [2.05, 4.69) is 110 Å². The zero-order chi connectivity index (χ0) is 103. The van der Waals surface area contributed by atoms with E-state index in [1.807, 2.05) is 296 Å². The molecule has 0 aliphatic rings. The van der Waals surface area contributed by atoms with Crippen LogP contribution in [0.5, 0.6) is 34.5 Å². The lowest BCUT2D eigenvalue weighted by Gasteiger charge is -2.26. The molecule has 19 rings (SSSR count). The molecule has 0 amide bonds. The molecule has 0 saturated heterocycles. The van der Waals surface area contributed by atoms with E-state index >= 15 is 0 Å². The summed E-state index contributed by atoms with van der Waals surface area (Å²) in [5, 5.41) is 81.4. The van der Waals surface area contributed by atoms with Crippen LogP contribution < -0.4 is 33.8 Å². The average molecular weight is 2040 g/mol. The monoisotopic (exact) mass is 2030 g/mol. The van der Waals surface area contributed by atoms with Crippen LogP contribution in [0.1, 0.15) is 95.6 Å². The number of ether oxygens (including phenoxy) is 3. The van der Waals surface area contributed by atoms with Gasteiger partial charge in [0, 0.05) is 48.3 Å². The molecule has 4 aromatic heterocycles. The highest BCUT2D eigenvalue weighted by molar-refractivity contribution is 6.44. The number of aromatic nitrogens is 12. The molecular formula is C118H95Cl4F2N21O3. The van der Waals surface area contributed by atoms with Crippen molar-refractivity contribution in [3.05, 3.63) is 523 Å². The van der Waals surface area contributed by atoms with Crippen LogP contribution in [0.2, 0.25) is 20.1 Å². The number of nitrogens with zero attached hydrogens (tertiary/aromatic N) is 21. The number of para-hydroxylation sites is 3. The van der Waals surface area contributed by atoms with Gasteiger partial charge in [-0.25, -0.2) is 8.78 Å². The summed E-state index contributed by atoms with van der Waals surface area (Å²) in [4.78, 5) is 8.72. The quantitative estimate of drug-likeness (QED) is 0.0327. The number of anilines is 4. The summed E-state index contributed by atoms with van der Waals surface area (Å²) in [7, 11) is 0. The van der Waals surface area contributed by atoms with Crippen LogP contribution in [0.15, 0.2) is 395 Å². The van der Waals surface area contributed by atoms with Crippen molar-refractivity contribution in [3.8, 4) is 64.8 Å². The first-order valence-corrected chi connectivity index (χ1v) is 48.8. The molecule has 15 aromatic carbocycles. The first kappa shape index (κ1) is 103. The maximum Gasteiger partial charge on any atom is 0.152 e. The van der Waals surface area contributed by atoms with Crippen LogP contribution in [0.25, 0.3) is 0 Å². The fourth-order valence-corrected chi connectivity index (χ4v) is 16.7. The van der Waals surface area contributed by atoms with Gasteiger partial charge in [-0.1, -0.05) is 204 Å². The molecule has 0 atom stereocenters. The SMILES string of the molecule is N#Cc1ccc(CN(Cc2nncn2Cc2ccc(C#N)cc2)c2cc(Cl)c(Cl)cc2Cl)cc1.N#Cc1ccc(Cn2cnnc2CN(CCc2ccc(Cl)cc2)c2ccc(Oc3ccccc3)cc2)cc1.N#Cc1ccc(Cn2cnnc2CN(CCc2ccc(F)cc2)c2ccc(Oc3ccccc3)cc2)cc1.N#Cc1ccc(Cn2cnnc2CN(CCc2ccccc2F)c2ccc(Oc3ccccc3)cc2)cc1. The fraction of sp³-hybridized carbons (Fsp3) is 0.127. The van der Waals surface area contributed by atoms with Gasteiger partial charge in [-0.3, -0.25) is 0 Å². The van der Waals surface area contributed by atoms with Gasteiger partial charge in [0.05, 0.1) is 131 Å². The highest BCUT2D eigenvalue weighted by Crippen LogP contribution is 2.38. The molecule has 0 saturated carbocycles. The maximum atomic E-state index is 14.4. The number of hydrogen-bond acceptors (Lipinski definition) is 20. The molecular weight excluding hydrogens is 1940 g/mol. The molecule has 0 aliphatic carbocycles. The standard InChI is InChI=1S/C31H26ClN5O.2C31H26FN5O.C25H17Cl3N6/c32-27-12-10-24(11-13-27)18-19-36(28-14-16-30(17-15-28)38-29-4-2-1-3-5-29)22-31-35-34-23-37(31)21-26-8-6-25(20-33)7-9-26;32-30-9-5-4-6-26(30)18-19-36(27-14-16-29(17-15-27)38-28-7-2-1-3-8-28)22-31-35-34-23-37(31)21-25-12-10-24(20-33)11-13-25;32-27-12-10-24(11-13-27)18-19-36(28-14-16-30(17-15-28)38-29-4-2-1-3-5-29)22-31-35-34-23-37(31)21-26-8-6-25(20-33)7-9-26;26-21-9-23(28)24(10-22(21)27)33(13-19-5-1-17(11-29)2-6-19)15-25-32-31-16-34(25)14-20-7-3-18(12-30)4-8-20/h3*1-17,23H,18-19,21-22H2;1-10,16H,13-15H2. The van der Waals surface area contributed by atoms with Crippen LogP contribution in [-0.2, 0) is 78.2 Å². The van der Waals surface area contributed by atoms with Crippen LogP contribution in [0.4, 0.5) is 31.5 Å². The van der Waals surface area contributed by atoms with E-state index in [1.165, 1.54) is 23.8 Å². The summed E-state index contributed by atoms with van der Waals surface area (Å²) in [6.07, 6.45) is 8.99. The van der Waals surface area contributed by atoms with Gasteiger partial charge in [0.1, 0.15) is 71.4 Å². The van der Waals surface area contributed by atoms with Crippen molar-refractivity contribution in [2.45, 2.75) is 78.2 Å². The molecule has 0 spiro atoms. The van der Waals surface area contributed by atoms with Crippen molar-refractivity contribution in [1.29, 1.82) is 26.3 Å². The predicted octanol–water partition coefficient (Wildman–Crippen LogP) is 25.9. The molecule has 0 fully saturated rings. The van der Waals surface area contributed by atoms with Gasteiger partial charge in [-0.15, -0.1) is 40.8 Å². The van der Waals surface area contributed by atoms with Crippen LogP contribution in [-0.4, -0.2) is 78.7 Å². The van der Waals surface area contributed by atoms with Crippen LogP contribution in [0.3, 0.4) is 0 Å². The minimum Gasteiger partial charge on any atom is -0.457 e. The summed E-state index contributed by atoms with van der Waals surface area (Å²) >= 11 is 25.1. The van der Waals surface area contributed by atoms with Gasteiger partial charge < -0.3 is 52.1 Å². The zero-order valence-corrected chi connectivity index (χ0v) is 83.0. The normalized spacial score (nSPS) is 10.6. The van der Waals surface area contributed by atoms with Gasteiger partial charge in [-0.05, 0) is 276 Å². The fourth-order valence-electron chi connectivity index (χ4n) is 16.0. The van der Waals surface area contributed by atoms with Gasteiger partial charge >= 0.3 is 0 Å². The highest BCUT2D eigenvalue weighted by atomic mass is 35.5. The van der Waals surface area contributed by atoms with Crippen LogP contribution in [0, 0.1) is 68.3 Å². The summed E-state index contributed by atoms with van der Waals surface area (Å²) < 4.78 is 53.7. The highest BCUT2D eigenvalue weighted by Gasteiger charge is 2.23. The van der Waals surface area contributed by atoms with E-state index in [4.69, 9.17) is 86.9 Å². The molecule has 0 radical (unpaired) electrons. The number of hydrogen-bond donors (Lipinski definition) is 0. The average Bonchev–Trinajstić information content (AvgIpc) is 1.46. The van der Waals surface area contributed by atoms with Gasteiger partial charge in [0.25, 0.3) is 0 Å². The third-order valence-corrected chi connectivity index (χ3v) is 25.2. The number of rotatable bonds is 37. The maximum absolute atomic E-state index is 14.4. The second-order valence-electron chi connectivity index (χ2n) is 34.2.